The molecule has 0 aliphatic heterocycles. The molecule has 0 atom stereocenters. The lowest BCUT2D eigenvalue weighted by molar-refractivity contribution is 0.509. The summed E-state index contributed by atoms with van der Waals surface area (Å²) in [5.74, 6) is -1.71. The molecule has 90 valence electrons. The first kappa shape index (κ1) is 10.9. The molecule has 0 N–H and O–H groups in total. The van der Waals surface area contributed by atoms with Crippen molar-refractivity contribution in [2.75, 3.05) is 0 Å². The number of pyridine rings is 1. The van der Waals surface area contributed by atoms with Crippen LogP contribution in [0, 0.1) is 18.6 Å². The summed E-state index contributed by atoms with van der Waals surface area (Å²) in [5.41, 5.74) is 3.08. The first-order chi connectivity index (χ1) is 8.63. The molecule has 0 amide bonds. The predicted molar refractivity (Wildman–Crippen MR) is 65.3 cm³/mol. The molecule has 2 nitrogen and oxygen atoms in total. The maximum absolute atomic E-state index is 13.2. The molecule has 3 rings (SSSR count). The number of rotatable bonds is 1. The number of hydrogen-bond acceptors (Lipinski definition) is 1. The molecular weight excluding hydrogens is 234 g/mol. The van der Waals surface area contributed by atoms with Gasteiger partial charge in [0.25, 0.3) is 0 Å². The molecule has 0 saturated carbocycles. The Hall–Kier alpha value is -2.23. The molecule has 4 heteroatoms. The van der Waals surface area contributed by atoms with E-state index >= 15 is 0 Å². The fourth-order valence-corrected chi connectivity index (χ4v) is 1.90. The Morgan fingerprint density at radius 3 is 2.61 bits per heavy atom. The Bertz CT molecular complexity index is 732. The lowest BCUT2D eigenvalue weighted by atomic mass is 10.1. The molecule has 0 saturated heterocycles. The van der Waals surface area contributed by atoms with E-state index in [0.717, 1.165) is 23.3 Å². The van der Waals surface area contributed by atoms with E-state index in [1.54, 1.807) is 6.20 Å². The Labute approximate surface area is 103 Å². The number of nitrogens with zero attached hydrogens (tertiary/aromatic N) is 2. The van der Waals surface area contributed by atoms with E-state index in [1.807, 2.05) is 29.7 Å². The van der Waals surface area contributed by atoms with Gasteiger partial charge >= 0.3 is 0 Å². The van der Waals surface area contributed by atoms with Crippen molar-refractivity contribution >= 4 is 5.65 Å². The summed E-state index contributed by atoms with van der Waals surface area (Å²) < 4.78 is 27.9. The van der Waals surface area contributed by atoms with E-state index in [9.17, 15) is 8.78 Å². The predicted octanol–water partition coefficient (Wildman–Crippen LogP) is 3.59. The molecule has 3 aromatic rings. The van der Waals surface area contributed by atoms with Crippen LogP contribution in [0.3, 0.4) is 0 Å². The number of aryl methyl sites for hydroxylation is 1. The fourth-order valence-electron chi connectivity index (χ4n) is 1.90. The lowest BCUT2D eigenvalue weighted by Gasteiger charge is -1.97. The third-order valence-corrected chi connectivity index (χ3v) is 2.81. The highest BCUT2D eigenvalue weighted by molar-refractivity contribution is 5.62. The van der Waals surface area contributed by atoms with Crippen LogP contribution in [0.25, 0.3) is 16.9 Å². The van der Waals surface area contributed by atoms with Crippen LogP contribution in [0.1, 0.15) is 5.56 Å². The van der Waals surface area contributed by atoms with Crippen molar-refractivity contribution < 1.29 is 8.78 Å². The molecule has 0 radical (unpaired) electrons. The zero-order valence-electron chi connectivity index (χ0n) is 9.69. The Kier molecular flexibility index (Phi) is 2.37. The molecule has 0 unspecified atom stereocenters. The van der Waals surface area contributed by atoms with Crippen LogP contribution in [-0.4, -0.2) is 9.38 Å². The maximum atomic E-state index is 13.2. The highest BCUT2D eigenvalue weighted by Crippen LogP contribution is 2.21. The van der Waals surface area contributed by atoms with Gasteiger partial charge in [0, 0.05) is 18.0 Å². The van der Waals surface area contributed by atoms with Crippen LogP contribution in [0.5, 0.6) is 0 Å². The Balaban J connectivity index is 2.16. The fraction of sp³-hybridized carbons (Fsp3) is 0.0714. The van der Waals surface area contributed by atoms with E-state index in [4.69, 9.17) is 0 Å². The van der Waals surface area contributed by atoms with Crippen LogP contribution in [0.4, 0.5) is 8.78 Å². The van der Waals surface area contributed by atoms with Crippen molar-refractivity contribution in [2.45, 2.75) is 6.92 Å². The number of hydrogen-bond donors (Lipinski definition) is 0. The molecule has 0 spiro atoms. The van der Waals surface area contributed by atoms with Crippen molar-refractivity contribution in [1.82, 2.24) is 9.38 Å². The highest BCUT2D eigenvalue weighted by atomic mass is 19.2. The van der Waals surface area contributed by atoms with E-state index in [-0.39, 0.29) is 0 Å². The first-order valence-electron chi connectivity index (χ1n) is 5.54. The molecule has 2 heterocycles. The quantitative estimate of drug-likeness (QED) is 0.639. The maximum Gasteiger partial charge on any atom is 0.159 e. The standard InChI is InChI=1S/C14H10F2N2/c1-9-2-5-14-17-13(8-18(14)7-9)10-3-4-11(15)12(16)6-10/h2-8H,1H3. The second kappa shape index (κ2) is 3.91. The zero-order chi connectivity index (χ0) is 12.7. The third kappa shape index (κ3) is 1.76. The molecule has 0 fully saturated rings. The molecule has 1 aromatic carbocycles. The Morgan fingerprint density at radius 1 is 1.00 bits per heavy atom. The van der Waals surface area contributed by atoms with Crippen molar-refractivity contribution in [3.63, 3.8) is 0 Å². The molecular formula is C14H10F2N2. The SMILES string of the molecule is Cc1ccc2nc(-c3ccc(F)c(F)c3)cn2c1. The summed E-state index contributed by atoms with van der Waals surface area (Å²) >= 11 is 0. The van der Waals surface area contributed by atoms with Crippen LogP contribution in [-0.2, 0) is 0 Å². The van der Waals surface area contributed by atoms with Gasteiger partial charge in [-0.2, -0.15) is 0 Å². The van der Waals surface area contributed by atoms with Crippen molar-refractivity contribution in [3.05, 3.63) is 59.9 Å². The summed E-state index contributed by atoms with van der Waals surface area (Å²) in [6.45, 7) is 1.98. The molecule has 2 aromatic heterocycles. The van der Waals surface area contributed by atoms with Crippen molar-refractivity contribution in [3.8, 4) is 11.3 Å². The zero-order valence-corrected chi connectivity index (χ0v) is 9.69. The second-order valence-corrected chi connectivity index (χ2v) is 4.23. The minimum absolute atomic E-state index is 0.565. The van der Waals surface area contributed by atoms with Gasteiger partial charge in [0.1, 0.15) is 5.65 Å². The minimum Gasteiger partial charge on any atom is -0.306 e. The molecule has 0 aliphatic carbocycles. The van der Waals surface area contributed by atoms with Gasteiger partial charge in [-0.1, -0.05) is 6.07 Å². The second-order valence-electron chi connectivity index (χ2n) is 4.23. The van der Waals surface area contributed by atoms with Crippen molar-refractivity contribution in [1.29, 1.82) is 0 Å². The van der Waals surface area contributed by atoms with E-state index in [2.05, 4.69) is 4.98 Å². The normalized spacial score (nSPS) is 11.1. The van der Waals surface area contributed by atoms with Gasteiger partial charge in [0.05, 0.1) is 5.69 Å². The van der Waals surface area contributed by atoms with E-state index < -0.39 is 11.6 Å². The van der Waals surface area contributed by atoms with E-state index in [1.165, 1.54) is 6.07 Å². The molecule has 18 heavy (non-hydrogen) atoms. The molecule has 0 bridgehead atoms. The summed E-state index contributed by atoms with van der Waals surface area (Å²) in [6.07, 6.45) is 3.74. The summed E-state index contributed by atoms with van der Waals surface area (Å²) in [6, 6.07) is 7.63. The minimum atomic E-state index is -0.860. The molecule has 0 aliphatic rings. The van der Waals surface area contributed by atoms with Crippen molar-refractivity contribution in [2.24, 2.45) is 0 Å². The number of imidazole rings is 1. The topological polar surface area (TPSA) is 17.3 Å². The smallest absolute Gasteiger partial charge is 0.159 e. The lowest BCUT2D eigenvalue weighted by Crippen LogP contribution is -1.85. The van der Waals surface area contributed by atoms with Gasteiger partial charge < -0.3 is 4.40 Å². The van der Waals surface area contributed by atoms with Gasteiger partial charge in [-0.25, -0.2) is 13.8 Å². The number of benzene rings is 1. The van der Waals surface area contributed by atoms with Gasteiger partial charge in [0.2, 0.25) is 0 Å². The van der Waals surface area contributed by atoms with Crippen LogP contribution in [0.2, 0.25) is 0 Å². The van der Waals surface area contributed by atoms with Gasteiger partial charge in [-0.3, -0.25) is 0 Å². The number of halogens is 2. The monoisotopic (exact) mass is 244 g/mol. The van der Waals surface area contributed by atoms with Gasteiger partial charge in [-0.05, 0) is 36.8 Å². The van der Waals surface area contributed by atoms with Crippen LogP contribution in [0.15, 0.2) is 42.7 Å². The third-order valence-electron chi connectivity index (χ3n) is 2.81. The number of aromatic nitrogens is 2. The Morgan fingerprint density at radius 2 is 1.83 bits per heavy atom. The number of fused-ring (bicyclic) bond motifs is 1. The van der Waals surface area contributed by atoms with Gasteiger partial charge in [0.15, 0.2) is 11.6 Å². The average molecular weight is 244 g/mol. The highest BCUT2D eigenvalue weighted by Gasteiger charge is 2.08. The van der Waals surface area contributed by atoms with Crippen LogP contribution >= 0.6 is 0 Å². The first-order valence-corrected chi connectivity index (χ1v) is 5.54. The largest absolute Gasteiger partial charge is 0.306 e. The van der Waals surface area contributed by atoms with Gasteiger partial charge in [-0.15, -0.1) is 0 Å². The summed E-state index contributed by atoms with van der Waals surface area (Å²) in [5, 5.41) is 0. The summed E-state index contributed by atoms with van der Waals surface area (Å²) in [7, 11) is 0. The average Bonchev–Trinajstić information content (AvgIpc) is 2.75. The summed E-state index contributed by atoms with van der Waals surface area (Å²) in [4.78, 5) is 4.37. The van der Waals surface area contributed by atoms with E-state index in [0.29, 0.717) is 11.3 Å². The van der Waals surface area contributed by atoms with Crippen LogP contribution < -0.4 is 0 Å².